The highest BCUT2D eigenvalue weighted by Gasteiger charge is 2.37. The molecule has 20 heavy (non-hydrogen) atoms. The molecule has 0 aliphatic heterocycles. The van der Waals surface area contributed by atoms with Crippen molar-refractivity contribution in [1.82, 2.24) is 4.98 Å². The maximum absolute atomic E-state index is 11.5. The largest absolute Gasteiger partial charge is 0.477 e. The minimum atomic E-state index is -0.846. The van der Waals surface area contributed by atoms with E-state index in [0.29, 0.717) is 10.9 Å². The molecule has 0 atom stereocenters. The Hall–Kier alpha value is -1.10. The summed E-state index contributed by atoms with van der Waals surface area (Å²) in [6.45, 7) is 7.14. The third kappa shape index (κ3) is 2.82. The zero-order valence-electron chi connectivity index (χ0n) is 12.3. The van der Waals surface area contributed by atoms with E-state index in [1.165, 1.54) is 37.0 Å². The van der Waals surface area contributed by atoms with E-state index in [1.807, 2.05) is 20.8 Å². The number of carboxylic acids is 1. The maximum atomic E-state index is 11.5. The Morgan fingerprint density at radius 2 is 2.00 bits per heavy atom. The first-order valence-corrected chi connectivity index (χ1v) is 8.19. The van der Waals surface area contributed by atoms with Crippen molar-refractivity contribution in [2.24, 2.45) is 5.92 Å². The van der Waals surface area contributed by atoms with Gasteiger partial charge in [0.05, 0.1) is 5.69 Å². The van der Waals surface area contributed by atoms with Crippen LogP contribution in [-0.4, -0.2) is 28.6 Å². The number of hydrogen-bond acceptors (Lipinski definition) is 4. The van der Waals surface area contributed by atoms with Gasteiger partial charge in [-0.05, 0) is 31.6 Å². The van der Waals surface area contributed by atoms with Gasteiger partial charge in [0.25, 0.3) is 0 Å². The fourth-order valence-corrected chi connectivity index (χ4v) is 3.63. The molecule has 0 bridgehead atoms. The molecule has 0 aromatic carbocycles. The summed E-state index contributed by atoms with van der Waals surface area (Å²) < 4.78 is 0. The first kappa shape index (κ1) is 13.9. The summed E-state index contributed by atoms with van der Waals surface area (Å²) in [6, 6.07) is 0.594. The van der Waals surface area contributed by atoms with Crippen LogP contribution >= 0.6 is 11.3 Å². The third-order valence-electron chi connectivity index (χ3n) is 3.91. The number of carboxylic acid groups (broad SMARTS) is 1. The molecule has 1 aromatic heterocycles. The van der Waals surface area contributed by atoms with Crippen LogP contribution in [0, 0.1) is 5.92 Å². The van der Waals surface area contributed by atoms with Crippen LogP contribution < -0.4 is 4.90 Å². The van der Waals surface area contributed by atoms with Crippen molar-refractivity contribution < 1.29 is 9.90 Å². The van der Waals surface area contributed by atoms with E-state index in [-0.39, 0.29) is 5.41 Å². The van der Waals surface area contributed by atoms with E-state index < -0.39 is 5.97 Å². The molecule has 2 aliphatic rings. The second-order valence-corrected chi connectivity index (χ2v) is 8.03. The number of carbonyl (C=O) groups is 1. The van der Waals surface area contributed by atoms with Gasteiger partial charge in [-0.25, -0.2) is 9.78 Å². The zero-order chi connectivity index (χ0) is 14.5. The molecule has 1 N–H and O–H groups in total. The van der Waals surface area contributed by atoms with Gasteiger partial charge in [-0.3, -0.25) is 0 Å². The van der Waals surface area contributed by atoms with Crippen LogP contribution in [0.4, 0.5) is 5.13 Å². The SMILES string of the molecule is CC(C)(C)c1nc(N(CC2CC2)C2CC2)sc1C(=O)O. The normalized spacial score (nSPS) is 19.1. The van der Waals surface area contributed by atoms with Gasteiger partial charge in [0.15, 0.2) is 5.13 Å². The number of thiazole rings is 1. The fraction of sp³-hybridized carbons (Fsp3) is 0.733. The first-order valence-electron chi connectivity index (χ1n) is 7.37. The quantitative estimate of drug-likeness (QED) is 0.902. The molecular weight excluding hydrogens is 272 g/mol. The summed E-state index contributed by atoms with van der Waals surface area (Å²) in [5.74, 6) is -0.0493. The molecule has 0 spiro atoms. The predicted molar refractivity (Wildman–Crippen MR) is 80.9 cm³/mol. The summed E-state index contributed by atoms with van der Waals surface area (Å²) in [6.07, 6.45) is 5.07. The second kappa shape index (κ2) is 4.72. The molecule has 1 heterocycles. The average molecular weight is 294 g/mol. The van der Waals surface area contributed by atoms with Gasteiger partial charge in [0, 0.05) is 18.0 Å². The smallest absolute Gasteiger partial charge is 0.347 e. The summed E-state index contributed by atoms with van der Waals surface area (Å²) in [5, 5.41) is 10.3. The molecular formula is C15H22N2O2S. The lowest BCUT2D eigenvalue weighted by Gasteiger charge is -2.21. The molecule has 1 aromatic rings. The standard InChI is InChI=1S/C15H22N2O2S/c1-15(2,3)12-11(13(18)19)20-14(16-12)17(10-6-7-10)8-9-4-5-9/h9-10H,4-8H2,1-3H3,(H,18,19). The van der Waals surface area contributed by atoms with Gasteiger partial charge in [-0.15, -0.1) is 0 Å². The van der Waals surface area contributed by atoms with Crippen LogP contribution in [0.3, 0.4) is 0 Å². The van der Waals surface area contributed by atoms with Crippen molar-refractivity contribution in [3.05, 3.63) is 10.6 Å². The minimum Gasteiger partial charge on any atom is -0.477 e. The molecule has 2 saturated carbocycles. The number of aromatic nitrogens is 1. The van der Waals surface area contributed by atoms with Crippen LogP contribution in [-0.2, 0) is 5.41 Å². The van der Waals surface area contributed by atoms with E-state index in [1.54, 1.807) is 0 Å². The van der Waals surface area contributed by atoms with Crippen molar-refractivity contribution >= 4 is 22.4 Å². The minimum absolute atomic E-state index is 0.225. The molecule has 3 rings (SSSR count). The molecule has 4 nitrogen and oxygen atoms in total. The third-order valence-corrected chi connectivity index (χ3v) is 4.99. The number of aromatic carboxylic acids is 1. The van der Waals surface area contributed by atoms with Gasteiger partial charge >= 0.3 is 5.97 Å². The van der Waals surface area contributed by atoms with Crippen LogP contribution in [0.2, 0.25) is 0 Å². The van der Waals surface area contributed by atoms with Gasteiger partial charge in [-0.1, -0.05) is 32.1 Å². The summed E-state index contributed by atoms with van der Waals surface area (Å²) in [5.41, 5.74) is 0.503. The number of hydrogen-bond donors (Lipinski definition) is 1. The van der Waals surface area contributed by atoms with Gasteiger partial charge in [0.1, 0.15) is 4.88 Å². The highest BCUT2D eigenvalue weighted by molar-refractivity contribution is 7.17. The fourth-order valence-electron chi connectivity index (χ4n) is 2.43. The molecule has 5 heteroatoms. The lowest BCUT2D eigenvalue weighted by atomic mass is 9.91. The van der Waals surface area contributed by atoms with Gasteiger partial charge in [-0.2, -0.15) is 0 Å². The summed E-state index contributed by atoms with van der Waals surface area (Å²) >= 11 is 1.36. The molecule has 0 amide bonds. The van der Waals surface area contributed by atoms with Crippen LogP contribution in [0.15, 0.2) is 0 Å². The van der Waals surface area contributed by atoms with Gasteiger partial charge < -0.3 is 10.0 Å². The lowest BCUT2D eigenvalue weighted by Crippen LogP contribution is -2.28. The molecule has 2 fully saturated rings. The molecule has 110 valence electrons. The number of rotatable bonds is 5. The van der Waals surface area contributed by atoms with E-state index in [2.05, 4.69) is 4.90 Å². The highest BCUT2D eigenvalue weighted by atomic mass is 32.1. The van der Waals surface area contributed by atoms with Crippen molar-refractivity contribution in [3.8, 4) is 0 Å². The lowest BCUT2D eigenvalue weighted by molar-refractivity contribution is 0.0699. The summed E-state index contributed by atoms with van der Waals surface area (Å²) in [7, 11) is 0. The highest BCUT2D eigenvalue weighted by Crippen LogP contribution is 2.41. The Labute approximate surface area is 123 Å². The topological polar surface area (TPSA) is 53.4 Å². The van der Waals surface area contributed by atoms with Gasteiger partial charge in [0.2, 0.25) is 0 Å². The monoisotopic (exact) mass is 294 g/mol. The average Bonchev–Trinajstić information content (AvgIpc) is 3.22. The molecule has 0 saturated heterocycles. The Morgan fingerprint density at radius 1 is 1.35 bits per heavy atom. The van der Waals surface area contributed by atoms with Crippen molar-refractivity contribution in [3.63, 3.8) is 0 Å². The molecule has 0 unspecified atom stereocenters. The Balaban J connectivity index is 1.93. The second-order valence-electron chi connectivity index (χ2n) is 7.06. The van der Waals surface area contributed by atoms with E-state index in [9.17, 15) is 9.90 Å². The zero-order valence-corrected chi connectivity index (χ0v) is 13.2. The summed E-state index contributed by atoms with van der Waals surface area (Å²) in [4.78, 5) is 19.0. The Morgan fingerprint density at radius 3 is 2.40 bits per heavy atom. The number of nitrogens with zero attached hydrogens (tertiary/aromatic N) is 2. The predicted octanol–water partition coefficient (Wildman–Crippen LogP) is 3.52. The first-order chi connectivity index (χ1) is 9.36. The van der Waals surface area contributed by atoms with Crippen molar-refractivity contribution in [2.45, 2.75) is 57.9 Å². The Kier molecular flexibility index (Phi) is 3.27. The van der Waals surface area contributed by atoms with Crippen molar-refractivity contribution in [1.29, 1.82) is 0 Å². The van der Waals surface area contributed by atoms with Crippen molar-refractivity contribution in [2.75, 3.05) is 11.4 Å². The Bertz CT molecular complexity index is 524. The van der Waals surface area contributed by atoms with E-state index in [4.69, 9.17) is 4.98 Å². The molecule has 2 aliphatic carbocycles. The molecule has 0 radical (unpaired) electrons. The van der Waals surface area contributed by atoms with Crippen LogP contribution in [0.5, 0.6) is 0 Å². The van der Waals surface area contributed by atoms with Crippen LogP contribution in [0.1, 0.15) is 61.8 Å². The maximum Gasteiger partial charge on any atom is 0.347 e. The van der Waals surface area contributed by atoms with Crippen LogP contribution in [0.25, 0.3) is 0 Å². The van der Waals surface area contributed by atoms with E-state index >= 15 is 0 Å². The van der Waals surface area contributed by atoms with E-state index in [0.717, 1.165) is 23.3 Å². The number of anilines is 1.